The third kappa shape index (κ3) is 11.4. The molecule has 0 bridgehead atoms. The van der Waals surface area contributed by atoms with Gasteiger partial charge >= 0.3 is 151 Å². The Hall–Kier alpha value is 0.508. The van der Waals surface area contributed by atoms with Crippen LogP contribution in [0.1, 0.15) is 96.8 Å². The summed E-state index contributed by atoms with van der Waals surface area (Å²) in [6.07, 6.45) is 20.3. The molecular formula is C24H44AsI. The minimum atomic E-state index is -2.27. The SMILES string of the molecule is CCCCCCCCCCCCCCCC[As](C)(C)(I)c1ccccc1. The molecule has 0 fully saturated rings. The van der Waals surface area contributed by atoms with Gasteiger partial charge in [0.2, 0.25) is 0 Å². The van der Waals surface area contributed by atoms with E-state index in [9.17, 15) is 0 Å². The maximum absolute atomic E-state index is 2.85. The zero-order valence-electron chi connectivity index (χ0n) is 17.8. The van der Waals surface area contributed by atoms with E-state index in [2.05, 4.69) is 68.8 Å². The number of halogens is 1. The quantitative estimate of drug-likeness (QED) is 0.113. The Morgan fingerprint density at radius 2 is 1.00 bits per heavy atom. The normalized spacial score (nSPS) is 13.5. The Bertz CT molecular complexity index is 446. The van der Waals surface area contributed by atoms with Gasteiger partial charge in [-0.25, -0.2) is 0 Å². The van der Waals surface area contributed by atoms with Crippen LogP contribution in [0.4, 0.5) is 0 Å². The molecule has 26 heavy (non-hydrogen) atoms. The van der Waals surface area contributed by atoms with Crippen molar-refractivity contribution in [1.82, 2.24) is 0 Å². The van der Waals surface area contributed by atoms with E-state index in [1.165, 1.54) is 95.1 Å². The average molecular weight is 534 g/mol. The predicted molar refractivity (Wildman–Crippen MR) is 133 cm³/mol. The molecule has 0 aliphatic heterocycles. The van der Waals surface area contributed by atoms with E-state index in [0.717, 1.165) is 0 Å². The second-order valence-electron chi connectivity index (χ2n) is 8.88. The van der Waals surface area contributed by atoms with E-state index in [1.54, 1.807) is 4.35 Å². The Labute approximate surface area is 176 Å². The number of unbranched alkanes of at least 4 members (excludes halogenated alkanes) is 13. The van der Waals surface area contributed by atoms with Crippen molar-refractivity contribution in [1.29, 1.82) is 0 Å². The second kappa shape index (κ2) is 13.6. The van der Waals surface area contributed by atoms with Gasteiger partial charge in [-0.05, 0) is 0 Å². The van der Waals surface area contributed by atoms with Crippen LogP contribution in [-0.4, -0.2) is 9.10 Å². The first kappa shape index (κ1) is 24.5. The van der Waals surface area contributed by atoms with Crippen molar-refractivity contribution >= 4 is 33.6 Å². The molecule has 1 aromatic rings. The zero-order valence-corrected chi connectivity index (χ0v) is 21.9. The zero-order chi connectivity index (χ0) is 19.2. The summed E-state index contributed by atoms with van der Waals surface area (Å²) in [5.74, 6) is 0. The molecule has 1 aromatic carbocycles. The van der Waals surface area contributed by atoms with Crippen LogP contribution in [0, 0.1) is 0 Å². The summed E-state index contributed by atoms with van der Waals surface area (Å²) < 4.78 is 1.64. The van der Waals surface area contributed by atoms with Crippen LogP contribution in [0.3, 0.4) is 0 Å². The number of hydrogen-bond acceptors (Lipinski definition) is 0. The molecule has 152 valence electrons. The molecule has 0 nitrogen and oxygen atoms in total. The summed E-state index contributed by atoms with van der Waals surface area (Å²) in [6, 6.07) is 11.3. The molecule has 0 radical (unpaired) electrons. The van der Waals surface area contributed by atoms with E-state index in [-0.39, 0.29) is 0 Å². The van der Waals surface area contributed by atoms with Gasteiger partial charge in [-0.1, -0.05) is 26.2 Å². The van der Waals surface area contributed by atoms with E-state index in [0.29, 0.717) is 0 Å². The molecule has 0 aliphatic carbocycles. The Kier molecular flexibility index (Phi) is 12.9. The van der Waals surface area contributed by atoms with Crippen molar-refractivity contribution in [3.05, 3.63) is 30.3 Å². The number of rotatable bonds is 16. The van der Waals surface area contributed by atoms with Crippen molar-refractivity contribution in [2.45, 2.75) is 113 Å². The van der Waals surface area contributed by atoms with Crippen molar-refractivity contribution in [2.24, 2.45) is 0 Å². The first-order valence-corrected chi connectivity index (χ1v) is 23.0. The van der Waals surface area contributed by atoms with Gasteiger partial charge in [-0.2, -0.15) is 0 Å². The van der Waals surface area contributed by atoms with Gasteiger partial charge in [0, 0.05) is 0 Å². The fraction of sp³-hybridized carbons (Fsp3) is 0.750. The van der Waals surface area contributed by atoms with E-state index < -0.39 is 9.10 Å². The van der Waals surface area contributed by atoms with Crippen LogP contribution in [0.2, 0.25) is 16.6 Å². The maximum atomic E-state index is 2.85. The van der Waals surface area contributed by atoms with Gasteiger partial charge in [0.05, 0.1) is 0 Å². The summed E-state index contributed by atoms with van der Waals surface area (Å²) in [5.41, 5.74) is 5.16. The molecule has 2 heteroatoms. The minimum absolute atomic E-state index is 1.37. The third-order valence-electron chi connectivity index (χ3n) is 5.71. The van der Waals surface area contributed by atoms with Crippen molar-refractivity contribution in [3.63, 3.8) is 0 Å². The Morgan fingerprint density at radius 3 is 1.42 bits per heavy atom. The summed E-state index contributed by atoms with van der Waals surface area (Å²) >= 11 is 2.85. The van der Waals surface area contributed by atoms with Crippen LogP contribution >= 0.6 is 20.1 Å². The Balaban J connectivity index is 1.96. The predicted octanol–water partition coefficient (Wildman–Crippen LogP) is 8.97. The summed E-state index contributed by atoms with van der Waals surface area (Å²) in [5, 5.41) is 1.45. The van der Waals surface area contributed by atoms with E-state index in [4.69, 9.17) is 0 Å². The molecule has 0 unspecified atom stereocenters. The molecule has 0 N–H and O–H groups in total. The molecule has 0 spiro atoms. The molecular weight excluding hydrogens is 490 g/mol. The van der Waals surface area contributed by atoms with Crippen LogP contribution < -0.4 is 4.35 Å². The molecule has 0 atom stereocenters. The third-order valence-corrected chi connectivity index (χ3v) is 18.4. The molecule has 0 aliphatic rings. The van der Waals surface area contributed by atoms with Gasteiger partial charge in [0.25, 0.3) is 0 Å². The monoisotopic (exact) mass is 534 g/mol. The summed E-state index contributed by atoms with van der Waals surface area (Å²) in [4.78, 5) is 0. The molecule has 1 rings (SSSR count). The van der Waals surface area contributed by atoms with E-state index in [1.807, 2.05) is 0 Å². The van der Waals surface area contributed by atoms with Gasteiger partial charge in [0.15, 0.2) is 0 Å². The van der Waals surface area contributed by atoms with Crippen LogP contribution in [-0.2, 0) is 0 Å². The van der Waals surface area contributed by atoms with E-state index >= 15 is 0 Å². The first-order valence-electron chi connectivity index (χ1n) is 11.2. The van der Waals surface area contributed by atoms with Crippen LogP contribution in [0.5, 0.6) is 0 Å². The molecule has 0 saturated carbocycles. The van der Waals surface area contributed by atoms with Crippen LogP contribution in [0.15, 0.2) is 30.3 Å². The fourth-order valence-electron chi connectivity index (χ4n) is 3.78. The molecule has 0 amide bonds. The van der Waals surface area contributed by atoms with Gasteiger partial charge in [-0.3, -0.25) is 0 Å². The number of benzene rings is 1. The van der Waals surface area contributed by atoms with Gasteiger partial charge < -0.3 is 0 Å². The second-order valence-corrected chi connectivity index (χ2v) is 36.3. The van der Waals surface area contributed by atoms with Crippen molar-refractivity contribution in [3.8, 4) is 0 Å². The van der Waals surface area contributed by atoms with Gasteiger partial charge in [0.1, 0.15) is 0 Å². The topological polar surface area (TPSA) is 0 Å². The Morgan fingerprint density at radius 1 is 0.615 bits per heavy atom. The standard InChI is InChI=1S/C24H44AsI/c1-4-5-6-7-8-9-10-11-12-13-14-15-16-20-23-25(2,3,26)24-21-18-17-19-22-24/h17-19,21-22H,4-16,20,23H2,1-3H3. The summed E-state index contributed by atoms with van der Waals surface area (Å²) in [7, 11) is -2.27. The fourth-order valence-corrected chi connectivity index (χ4v) is 12.4. The van der Waals surface area contributed by atoms with Crippen molar-refractivity contribution in [2.75, 3.05) is 0 Å². The van der Waals surface area contributed by atoms with Crippen LogP contribution in [0.25, 0.3) is 0 Å². The molecule has 0 aromatic heterocycles. The van der Waals surface area contributed by atoms with Gasteiger partial charge in [-0.15, -0.1) is 0 Å². The summed E-state index contributed by atoms with van der Waals surface area (Å²) in [6.45, 7) is 2.30. The molecule has 0 saturated heterocycles. The number of hydrogen-bond donors (Lipinski definition) is 0. The average Bonchev–Trinajstić information content (AvgIpc) is 2.62. The molecule has 0 heterocycles. The van der Waals surface area contributed by atoms with Crippen molar-refractivity contribution < 1.29 is 0 Å². The first-order chi connectivity index (χ1) is 12.4.